The van der Waals surface area contributed by atoms with Crippen LogP contribution < -0.4 is 15.5 Å². The number of nitrogens with zero attached hydrogens (tertiary/aromatic N) is 1. The number of fused-ring (bicyclic) bond motifs is 2. The zero-order valence-corrected chi connectivity index (χ0v) is 25.9. The minimum Gasteiger partial charge on any atom is -0.396 e. The van der Waals surface area contributed by atoms with Gasteiger partial charge in [0.25, 0.3) is 5.91 Å². The highest BCUT2D eigenvalue weighted by atomic mass is 32.1. The second kappa shape index (κ2) is 11.5. The number of rotatable bonds is 8. The van der Waals surface area contributed by atoms with Crippen molar-refractivity contribution >= 4 is 28.3 Å². The number of aromatic nitrogens is 1. The molecule has 1 aromatic heterocycles. The largest absolute Gasteiger partial charge is 0.396 e. The van der Waals surface area contributed by atoms with Crippen LogP contribution in [0.5, 0.6) is 0 Å². The Morgan fingerprint density at radius 3 is 2.45 bits per heavy atom. The van der Waals surface area contributed by atoms with Gasteiger partial charge in [-0.25, -0.2) is 4.98 Å². The van der Waals surface area contributed by atoms with Gasteiger partial charge in [-0.15, -0.1) is 11.3 Å². The molecule has 2 aromatic rings. The van der Waals surface area contributed by atoms with Gasteiger partial charge in [0.2, 0.25) is 5.91 Å². The van der Waals surface area contributed by atoms with Gasteiger partial charge in [-0.1, -0.05) is 46.8 Å². The van der Waals surface area contributed by atoms with E-state index < -0.39 is 11.5 Å². The van der Waals surface area contributed by atoms with Crippen LogP contribution in [0.1, 0.15) is 86.3 Å². The summed E-state index contributed by atoms with van der Waals surface area (Å²) in [5.41, 5.74) is 1.58. The quantitative estimate of drug-likeness (QED) is 0.334. The highest BCUT2D eigenvalue weighted by Crippen LogP contribution is 2.62. The Bertz CT molecular complexity index is 1220. The van der Waals surface area contributed by atoms with Crippen LogP contribution in [0.4, 0.5) is 5.13 Å². The second-order valence-corrected chi connectivity index (χ2v) is 14.7. The predicted molar refractivity (Wildman–Crippen MR) is 159 cm³/mol. The van der Waals surface area contributed by atoms with E-state index in [0.29, 0.717) is 30.1 Å². The number of amides is 2. The molecule has 0 saturated heterocycles. The molecule has 1 fully saturated rings. The van der Waals surface area contributed by atoms with Crippen LogP contribution in [0, 0.1) is 16.7 Å². The van der Waals surface area contributed by atoms with Crippen molar-refractivity contribution in [3.05, 3.63) is 46.0 Å². The third-order valence-electron chi connectivity index (χ3n) is 9.46. The number of anilines is 1. The third-order valence-corrected chi connectivity index (χ3v) is 10.5. The summed E-state index contributed by atoms with van der Waals surface area (Å²) in [6, 6.07) is 7.66. The van der Waals surface area contributed by atoms with Crippen LogP contribution in [0.3, 0.4) is 0 Å². The molecule has 0 radical (unpaired) electrons. The van der Waals surface area contributed by atoms with Crippen molar-refractivity contribution < 1.29 is 24.7 Å². The van der Waals surface area contributed by atoms with Crippen molar-refractivity contribution in [2.45, 2.75) is 77.7 Å². The molecule has 1 aromatic carbocycles. The molecule has 5 atom stereocenters. The molecule has 0 aliphatic heterocycles. The summed E-state index contributed by atoms with van der Waals surface area (Å²) in [6.45, 7) is 11.9. The molecule has 2 amide bonds. The minimum absolute atomic E-state index is 0.00182. The van der Waals surface area contributed by atoms with Crippen molar-refractivity contribution in [1.82, 2.24) is 10.3 Å². The number of hydrogen-bond donors (Lipinski definition) is 5. The maximum absolute atomic E-state index is 13.2. The van der Waals surface area contributed by atoms with E-state index in [2.05, 4.69) is 52.4 Å². The SMILES string of the molecule is C[NH+](C)CCNC(=O)C[C@@H]1c2nc(NC(=O)c3ccc(C(C)(C)C)cc3)sc2C[C@@H]2[C@](C)(CO)[C@H](O)CC[C@]21C. The standard InChI is InChI=1S/C31H46N4O4S/c1-29(2,3)20-10-8-19(9-11-20)27(39)34-28-33-26-21(16-25(38)32-14-15-35(6)7)30(4)13-12-24(37)31(5,18-36)23(30)17-22(26)40-28/h8-11,21,23-24,36-37H,12-18H2,1-7H3,(H,32,38)(H,33,34,39)/p+1/t21-,23+,24-,30+,31+/m1/s1. The molecular formula is C31H47N4O4S+. The molecular weight excluding hydrogens is 524 g/mol. The maximum atomic E-state index is 13.2. The molecule has 2 aliphatic carbocycles. The van der Waals surface area contributed by atoms with Crippen LogP contribution in [0.25, 0.3) is 0 Å². The van der Waals surface area contributed by atoms with Gasteiger partial charge in [0.15, 0.2) is 5.13 Å². The lowest BCUT2D eigenvalue weighted by atomic mass is 9.47. The number of benzene rings is 1. The monoisotopic (exact) mass is 571 g/mol. The third kappa shape index (κ3) is 5.98. The fraction of sp³-hybridized carbons (Fsp3) is 0.645. The average molecular weight is 572 g/mol. The Balaban J connectivity index is 1.63. The van der Waals surface area contributed by atoms with Gasteiger partial charge in [0.05, 0.1) is 45.6 Å². The number of quaternary nitrogens is 1. The van der Waals surface area contributed by atoms with Crippen LogP contribution >= 0.6 is 11.3 Å². The fourth-order valence-corrected chi connectivity index (χ4v) is 7.76. The van der Waals surface area contributed by atoms with Crippen molar-refractivity contribution in [2.24, 2.45) is 16.7 Å². The first-order valence-corrected chi connectivity index (χ1v) is 15.3. The van der Waals surface area contributed by atoms with Crippen LogP contribution in [-0.2, 0) is 16.6 Å². The smallest absolute Gasteiger partial charge is 0.257 e. The predicted octanol–water partition coefficient (Wildman–Crippen LogP) is 2.76. The zero-order chi connectivity index (χ0) is 29.5. The minimum atomic E-state index is -0.685. The molecule has 220 valence electrons. The maximum Gasteiger partial charge on any atom is 0.257 e. The van der Waals surface area contributed by atoms with E-state index in [0.717, 1.165) is 29.1 Å². The van der Waals surface area contributed by atoms with Crippen molar-refractivity contribution in [1.29, 1.82) is 0 Å². The van der Waals surface area contributed by atoms with Gasteiger partial charge in [-0.2, -0.15) is 0 Å². The van der Waals surface area contributed by atoms with Gasteiger partial charge in [-0.05, 0) is 53.7 Å². The molecule has 5 N–H and O–H groups in total. The Kier molecular flexibility index (Phi) is 8.81. The highest BCUT2D eigenvalue weighted by molar-refractivity contribution is 7.15. The lowest BCUT2D eigenvalue weighted by Crippen LogP contribution is -3.06. The van der Waals surface area contributed by atoms with E-state index in [9.17, 15) is 19.8 Å². The van der Waals surface area contributed by atoms with Gasteiger partial charge in [0, 0.05) is 28.2 Å². The van der Waals surface area contributed by atoms with Gasteiger partial charge in [-0.3, -0.25) is 14.9 Å². The molecule has 40 heavy (non-hydrogen) atoms. The number of carbonyl (C=O) groups is 2. The molecule has 4 rings (SSSR count). The first-order valence-electron chi connectivity index (χ1n) is 14.4. The summed E-state index contributed by atoms with van der Waals surface area (Å²) in [6.07, 6.45) is 1.63. The zero-order valence-electron chi connectivity index (χ0n) is 25.1. The molecule has 9 heteroatoms. The lowest BCUT2D eigenvalue weighted by molar-refractivity contribution is -0.856. The number of nitrogens with one attached hydrogen (secondary N) is 3. The first kappa shape index (κ1) is 30.6. The van der Waals surface area contributed by atoms with Gasteiger partial charge in [0.1, 0.15) is 0 Å². The number of aliphatic hydroxyl groups is 2. The summed E-state index contributed by atoms with van der Waals surface area (Å²) in [4.78, 5) is 33.5. The number of hydrogen-bond acceptors (Lipinski definition) is 6. The lowest BCUT2D eigenvalue weighted by Gasteiger charge is -2.58. The molecule has 1 heterocycles. The molecule has 8 nitrogen and oxygen atoms in total. The second-order valence-electron chi connectivity index (χ2n) is 13.7. The number of thiazole rings is 1. The topological polar surface area (TPSA) is 116 Å². The summed E-state index contributed by atoms with van der Waals surface area (Å²) < 4.78 is 0. The number of carbonyl (C=O) groups excluding carboxylic acids is 2. The summed E-state index contributed by atoms with van der Waals surface area (Å²) in [5, 5.41) is 28.0. The Labute approximate surface area is 242 Å². The van der Waals surface area contributed by atoms with E-state index >= 15 is 0 Å². The fourth-order valence-electron chi connectivity index (χ4n) is 6.70. The summed E-state index contributed by atoms with van der Waals surface area (Å²) in [5.74, 6) is -0.446. The highest BCUT2D eigenvalue weighted by Gasteiger charge is 2.59. The summed E-state index contributed by atoms with van der Waals surface area (Å²) >= 11 is 1.44. The molecule has 1 saturated carbocycles. The van der Waals surface area contributed by atoms with Crippen LogP contribution in [-0.4, -0.2) is 66.9 Å². The van der Waals surface area contributed by atoms with Crippen molar-refractivity contribution in [2.75, 3.05) is 39.1 Å². The number of aliphatic hydroxyl groups excluding tert-OH is 2. The van der Waals surface area contributed by atoms with E-state index in [1.54, 1.807) is 0 Å². The normalized spacial score (nSPS) is 28.1. The first-order chi connectivity index (χ1) is 18.7. The van der Waals surface area contributed by atoms with Gasteiger partial charge < -0.3 is 20.4 Å². The van der Waals surface area contributed by atoms with Crippen LogP contribution in [0.15, 0.2) is 24.3 Å². The van der Waals surface area contributed by atoms with Crippen LogP contribution in [0.2, 0.25) is 0 Å². The molecule has 0 unspecified atom stereocenters. The Hall–Kier alpha value is -2.33. The van der Waals surface area contributed by atoms with E-state index in [4.69, 9.17) is 4.98 Å². The van der Waals surface area contributed by atoms with Crippen molar-refractivity contribution in [3.63, 3.8) is 0 Å². The molecule has 2 aliphatic rings. The Morgan fingerprint density at radius 1 is 1.18 bits per heavy atom. The number of likely N-dealkylation sites (N-methyl/N-ethyl adjacent to an activating group) is 1. The van der Waals surface area contributed by atoms with E-state index in [-0.39, 0.29) is 47.5 Å². The van der Waals surface area contributed by atoms with E-state index in [1.165, 1.54) is 16.2 Å². The average Bonchev–Trinajstić information content (AvgIpc) is 3.29. The Morgan fingerprint density at radius 2 is 1.85 bits per heavy atom. The van der Waals surface area contributed by atoms with E-state index in [1.807, 2.05) is 31.2 Å². The molecule has 0 bridgehead atoms. The molecule has 0 spiro atoms. The van der Waals surface area contributed by atoms with Gasteiger partial charge >= 0.3 is 0 Å². The van der Waals surface area contributed by atoms with Crippen molar-refractivity contribution in [3.8, 4) is 0 Å². The summed E-state index contributed by atoms with van der Waals surface area (Å²) in [7, 11) is 4.11.